The minimum Gasteiger partial charge on any atom is -0.451 e. The lowest BCUT2D eigenvalue weighted by Crippen LogP contribution is -2.44. The summed E-state index contributed by atoms with van der Waals surface area (Å²) in [5.74, 6) is 0.612. The van der Waals surface area contributed by atoms with Gasteiger partial charge in [-0.05, 0) is 37.1 Å². The Labute approximate surface area is 152 Å². The molecule has 1 aromatic heterocycles. The van der Waals surface area contributed by atoms with Crippen molar-refractivity contribution in [1.29, 1.82) is 0 Å². The Morgan fingerprint density at radius 3 is 2.64 bits per heavy atom. The van der Waals surface area contributed by atoms with E-state index in [0.29, 0.717) is 30.5 Å². The van der Waals surface area contributed by atoms with Gasteiger partial charge in [0.1, 0.15) is 5.76 Å². The third kappa shape index (κ3) is 3.89. The van der Waals surface area contributed by atoms with E-state index in [-0.39, 0.29) is 23.7 Å². The molecule has 0 atom stereocenters. The van der Waals surface area contributed by atoms with Gasteiger partial charge < -0.3 is 19.2 Å². The molecule has 1 N–H and O–H groups in total. The first kappa shape index (κ1) is 18.0. The summed E-state index contributed by atoms with van der Waals surface area (Å²) in [5.41, 5.74) is 0.447. The van der Waals surface area contributed by atoms with E-state index in [4.69, 9.17) is 20.8 Å². The molecular formula is C19H22ClNO4. The molecule has 0 aliphatic carbocycles. The van der Waals surface area contributed by atoms with Crippen LogP contribution in [-0.4, -0.2) is 49.3 Å². The third-order valence-corrected chi connectivity index (χ3v) is 5.09. The zero-order valence-corrected chi connectivity index (χ0v) is 15.0. The summed E-state index contributed by atoms with van der Waals surface area (Å²) in [6, 6.07) is 10.8. The van der Waals surface area contributed by atoms with Gasteiger partial charge in [0.05, 0.1) is 11.6 Å². The summed E-state index contributed by atoms with van der Waals surface area (Å²) < 4.78 is 11.1. The molecule has 0 spiro atoms. The Morgan fingerprint density at radius 2 is 1.96 bits per heavy atom. The van der Waals surface area contributed by atoms with Crippen LogP contribution < -0.4 is 0 Å². The molecule has 1 aromatic carbocycles. The molecule has 1 aliphatic rings. The highest BCUT2D eigenvalue weighted by atomic mass is 35.5. The Balaban J connectivity index is 1.74. The van der Waals surface area contributed by atoms with Crippen LogP contribution in [0.4, 0.5) is 0 Å². The van der Waals surface area contributed by atoms with E-state index in [0.717, 1.165) is 18.4 Å². The molecule has 3 rings (SSSR count). The predicted molar refractivity (Wildman–Crippen MR) is 95.7 cm³/mol. The Kier molecular flexibility index (Phi) is 5.47. The zero-order chi connectivity index (χ0) is 17.9. The van der Waals surface area contributed by atoms with Gasteiger partial charge in [-0.25, -0.2) is 0 Å². The molecular weight excluding hydrogens is 342 g/mol. The maximum atomic E-state index is 12.7. The first-order valence-electron chi connectivity index (χ1n) is 8.33. The second-order valence-corrected chi connectivity index (χ2v) is 6.98. The summed E-state index contributed by atoms with van der Waals surface area (Å²) in [6.07, 6.45) is 1.48. The molecule has 0 saturated carbocycles. The molecule has 0 radical (unpaired) electrons. The van der Waals surface area contributed by atoms with Gasteiger partial charge >= 0.3 is 0 Å². The molecule has 1 saturated heterocycles. The number of carbonyl (C=O) groups excluding carboxylic acids is 1. The van der Waals surface area contributed by atoms with E-state index in [1.807, 2.05) is 18.2 Å². The van der Waals surface area contributed by atoms with E-state index in [1.165, 1.54) is 0 Å². The van der Waals surface area contributed by atoms with Crippen molar-refractivity contribution in [2.45, 2.75) is 12.8 Å². The van der Waals surface area contributed by atoms with Crippen molar-refractivity contribution in [3.05, 3.63) is 47.2 Å². The van der Waals surface area contributed by atoms with Gasteiger partial charge in [0, 0.05) is 37.8 Å². The normalized spacial score (nSPS) is 16.6. The van der Waals surface area contributed by atoms with Crippen LogP contribution in [0.15, 0.2) is 40.8 Å². The van der Waals surface area contributed by atoms with Crippen LogP contribution >= 0.6 is 11.6 Å². The maximum Gasteiger partial charge on any atom is 0.289 e. The summed E-state index contributed by atoms with van der Waals surface area (Å²) in [5, 5.41) is 10.4. The number of halogens is 1. The lowest BCUT2D eigenvalue weighted by atomic mass is 9.80. The van der Waals surface area contributed by atoms with Crippen molar-refractivity contribution >= 4 is 17.5 Å². The van der Waals surface area contributed by atoms with Crippen LogP contribution in [0.2, 0.25) is 5.02 Å². The maximum absolute atomic E-state index is 12.7. The standard InChI is InChI=1S/C19H22ClNO4/c1-21(12-19(13-22)8-10-24-11-9-19)18(23)17-7-6-16(25-17)14-4-2-3-5-15(14)20/h2-7,22H,8-13H2,1H3. The number of ether oxygens (including phenoxy) is 1. The molecule has 1 fully saturated rings. The van der Waals surface area contributed by atoms with E-state index < -0.39 is 0 Å². The summed E-state index contributed by atoms with van der Waals surface area (Å²) in [4.78, 5) is 14.3. The van der Waals surface area contributed by atoms with Crippen molar-refractivity contribution in [3.8, 4) is 11.3 Å². The fraction of sp³-hybridized carbons (Fsp3) is 0.421. The minimum atomic E-state index is -0.305. The number of carbonyl (C=O) groups is 1. The van der Waals surface area contributed by atoms with Gasteiger partial charge in [-0.1, -0.05) is 23.7 Å². The molecule has 5 nitrogen and oxygen atoms in total. The van der Waals surface area contributed by atoms with Gasteiger partial charge in [-0.15, -0.1) is 0 Å². The number of amides is 1. The van der Waals surface area contributed by atoms with E-state index in [9.17, 15) is 9.90 Å². The van der Waals surface area contributed by atoms with Crippen molar-refractivity contribution in [3.63, 3.8) is 0 Å². The second kappa shape index (κ2) is 7.60. The average molecular weight is 364 g/mol. The predicted octanol–water partition coefficient (Wildman–Crippen LogP) is 3.46. The molecule has 134 valence electrons. The zero-order valence-electron chi connectivity index (χ0n) is 14.2. The second-order valence-electron chi connectivity index (χ2n) is 6.58. The van der Waals surface area contributed by atoms with Crippen molar-refractivity contribution in [2.24, 2.45) is 5.41 Å². The smallest absolute Gasteiger partial charge is 0.289 e. The van der Waals surface area contributed by atoms with Gasteiger partial charge in [0.25, 0.3) is 5.91 Å². The van der Waals surface area contributed by atoms with Crippen LogP contribution in [0.3, 0.4) is 0 Å². The van der Waals surface area contributed by atoms with Gasteiger partial charge in [-0.2, -0.15) is 0 Å². The number of nitrogens with zero attached hydrogens (tertiary/aromatic N) is 1. The van der Waals surface area contributed by atoms with Crippen LogP contribution in [0, 0.1) is 5.41 Å². The Morgan fingerprint density at radius 1 is 1.24 bits per heavy atom. The largest absolute Gasteiger partial charge is 0.451 e. The summed E-state index contributed by atoms with van der Waals surface area (Å²) in [6.45, 7) is 1.73. The fourth-order valence-electron chi connectivity index (χ4n) is 3.19. The molecule has 0 bridgehead atoms. The number of hydrogen-bond donors (Lipinski definition) is 1. The Bertz CT molecular complexity index is 737. The Hall–Kier alpha value is -1.82. The summed E-state index contributed by atoms with van der Waals surface area (Å²) in [7, 11) is 1.73. The first-order valence-corrected chi connectivity index (χ1v) is 8.71. The van der Waals surface area contributed by atoms with E-state index >= 15 is 0 Å². The van der Waals surface area contributed by atoms with Crippen LogP contribution in [0.5, 0.6) is 0 Å². The monoisotopic (exact) mass is 363 g/mol. The quantitative estimate of drug-likeness (QED) is 0.883. The molecule has 2 heterocycles. The minimum absolute atomic E-state index is 0.0387. The van der Waals surface area contributed by atoms with Crippen LogP contribution in [0.25, 0.3) is 11.3 Å². The highest BCUT2D eigenvalue weighted by Crippen LogP contribution is 2.32. The van der Waals surface area contributed by atoms with Gasteiger partial charge in [0.15, 0.2) is 5.76 Å². The van der Waals surface area contributed by atoms with Crippen molar-refractivity contribution in [2.75, 3.05) is 33.4 Å². The lowest BCUT2D eigenvalue weighted by Gasteiger charge is -2.38. The van der Waals surface area contributed by atoms with Crippen molar-refractivity contribution < 1.29 is 19.1 Å². The van der Waals surface area contributed by atoms with E-state index in [2.05, 4.69) is 0 Å². The van der Waals surface area contributed by atoms with Gasteiger partial charge in [0.2, 0.25) is 0 Å². The molecule has 6 heteroatoms. The van der Waals surface area contributed by atoms with Crippen LogP contribution in [-0.2, 0) is 4.74 Å². The number of rotatable bonds is 5. The molecule has 2 aromatic rings. The highest BCUT2D eigenvalue weighted by Gasteiger charge is 2.35. The number of hydrogen-bond acceptors (Lipinski definition) is 4. The number of benzene rings is 1. The number of furan rings is 1. The van der Waals surface area contributed by atoms with E-state index in [1.54, 1.807) is 30.1 Å². The molecule has 1 amide bonds. The third-order valence-electron chi connectivity index (χ3n) is 4.76. The van der Waals surface area contributed by atoms with Gasteiger partial charge in [-0.3, -0.25) is 4.79 Å². The fourth-order valence-corrected chi connectivity index (χ4v) is 3.42. The number of aliphatic hydroxyl groups is 1. The molecule has 25 heavy (non-hydrogen) atoms. The average Bonchev–Trinajstić information content (AvgIpc) is 3.12. The van der Waals surface area contributed by atoms with Crippen LogP contribution in [0.1, 0.15) is 23.4 Å². The number of aliphatic hydroxyl groups excluding tert-OH is 1. The lowest BCUT2D eigenvalue weighted by molar-refractivity contribution is -0.0285. The molecule has 1 aliphatic heterocycles. The molecule has 0 unspecified atom stereocenters. The highest BCUT2D eigenvalue weighted by molar-refractivity contribution is 6.33. The topological polar surface area (TPSA) is 62.9 Å². The SMILES string of the molecule is CN(CC1(CO)CCOCC1)C(=O)c1ccc(-c2ccccc2Cl)o1. The first-order chi connectivity index (χ1) is 12.0. The summed E-state index contributed by atoms with van der Waals surface area (Å²) >= 11 is 6.18. The van der Waals surface area contributed by atoms with Crippen molar-refractivity contribution in [1.82, 2.24) is 4.90 Å².